The van der Waals surface area contributed by atoms with Crippen molar-refractivity contribution in [1.29, 1.82) is 0 Å². The van der Waals surface area contributed by atoms with Gasteiger partial charge in [-0.25, -0.2) is 8.42 Å². The van der Waals surface area contributed by atoms with Gasteiger partial charge < -0.3 is 5.11 Å². The lowest BCUT2D eigenvalue weighted by molar-refractivity contribution is 0.165. The molecule has 100 valence electrons. The summed E-state index contributed by atoms with van der Waals surface area (Å²) in [6.07, 6.45) is 1.69. The van der Waals surface area contributed by atoms with Crippen LogP contribution in [-0.4, -0.2) is 37.5 Å². The van der Waals surface area contributed by atoms with Crippen LogP contribution in [0.15, 0.2) is 33.6 Å². The molecule has 1 aromatic rings. The van der Waals surface area contributed by atoms with Crippen molar-refractivity contribution in [2.24, 2.45) is 5.92 Å². The third-order valence-electron chi connectivity index (χ3n) is 3.17. The van der Waals surface area contributed by atoms with Gasteiger partial charge in [0.1, 0.15) is 0 Å². The van der Waals surface area contributed by atoms with Gasteiger partial charge in [-0.15, -0.1) is 0 Å². The zero-order chi connectivity index (χ0) is 13.2. The molecule has 1 aromatic carbocycles. The molecule has 0 bridgehead atoms. The molecule has 0 aliphatic carbocycles. The monoisotopic (exact) mass is 333 g/mol. The first-order valence-electron chi connectivity index (χ1n) is 5.90. The first-order chi connectivity index (χ1) is 8.54. The predicted molar refractivity (Wildman–Crippen MR) is 72.7 cm³/mol. The molecular formula is C12H16BrNO3S. The molecule has 1 fully saturated rings. The Bertz CT molecular complexity index is 518. The summed E-state index contributed by atoms with van der Waals surface area (Å²) in [5.74, 6) is 0.0562. The molecule has 6 heteroatoms. The van der Waals surface area contributed by atoms with Crippen LogP contribution in [0, 0.1) is 5.92 Å². The minimum absolute atomic E-state index is 0.0461. The van der Waals surface area contributed by atoms with Gasteiger partial charge in [-0.2, -0.15) is 4.31 Å². The van der Waals surface area contributed by atoms with Crippen LogP contribution in [0.5, 0.6) is 0 Å². The third kappa shape index (κ3) is 2.93. The van der Waals surface area contributed by atoms with Gasteiger partial charge in [-0.1, -0.05) is 22.0 Å². The van der Waals surface area contributed by atoms with E-state index in [2.05, 4.69) is 15.9 Å². The average Bonchev–Trinajstić information content (AvgIpc) is 2.39. The van der Waals surface area contributed by atoms with Crippen molar-refractivity contribution in [3.8, 4) is 0 Å². The number of piperidine rings is 1. The molecule has 1 saturated heterocycles. The number of aliphatic hydroxyl groups excluding tert-OH is 1. The van der Waals surface area contributed by atoms with Crippen LogP contribution in [0.4, 0.5) is 0 Å². The van der Waals surface area contributed by atoms with Crippen LogP contribution in [0.1, 0.15) is 12.8 Å². The van der Waals surface area contributed by atoms with Gasteiger partial charge in [0.15, 0.2) is 0 Å². The highest BCUT2D eigenvalue weighted by Gasteiger charge is 2.29. The average molecular weight is 334 g/mol. The molecule has 0 amide bonds. The lowest BCUT2D eigenvalue weighted by atomic mass is 10.0. The van der Waals surface area contributed by atoms with Gasteiger partial charge in [0, 0.05) is 24.2 Å². The zero-order valence-corrected chi connectivity index (χ0v) is 12.3. The van der Waals surface area contributed by atoms with Crippen LogP contribution in [0.2, 0.25) is 0 Å². The fourth-order valence-corrected chi connectivity index (χ4v) is 4.32. The summed E-state index contributed by atoms with van der Waals surface area (Å²) >= 11 is 3.28. The van der Waals surface area contributed by atoms with E-state index in [0.29, 0.717) is 18.0 Å². The number of hydrogen-bond donors (Lipinski definition) is 1. The summed E-state index contributed by atoms with van der Waals surface area (Å²) in [4.78, 5) is 0.301. The molecule has 1 aliphatic heterocycles. The van der Waals surface area contributed by atoms with Crippen molar-refractivity contribution in [2.75, 3.05) is 19.7 Å². The molecule has 1 aliphatic rings. The minimum Gasteiger partial charge on any atom is -0.396 e. The summed E-state index contributed by atoms with van der Waals surface area (Å²) in [6, 6.07) is 6.72. The van der Waals surface area contributed by atoms with E-state index in [4.69, 9.17) is 5.11 Å². The van der Waals surface area contributed by atoms with E-state index in [1.807, 2.05) is 0 Å². The minimum atomic E-state index is -3.44. The summed E-state index contributed by atoms with van der Waals surface area (Å²) < 4.78 is 27.1. The number of benzene rings is 1. The van der Waals surface area contributed by atoms with Crippen LogP contribution in [0.25, 0.3) is 0 Å². The van der Waals surface area contributed by atoms with Gasteiger partial charge >= 0.3 is 0 Å². The van der Waals surface area contributed by atoms with Crippen LogP contribution >= 0.6 is 15.9 Å². The number of aliphatic hydroxyl groups is 1. The largest absolute Gasteiger partial charge is 0.396 e. The van der Waals surface area contributed by atoms with E-state index in [-0.39, 0.29) is 12.5 Å². The molecule has 18 heavy (non-hydrogen) atoms. The Labute approximate surface area is 116 Å². The second-order valence-electron chi connectivity index (χ2n) is 4.51. The molecule has 1 N–H and O–H groups in total. The smallest absolute Gasteiger partial charge is 0.243 e. The molecule has 1 heterocycles. The van der Waals surface area contributed by atoms with Crippen molar-refractivity contribution in [1.82, 2.24) is 4.31 Å². The van der Waals surface area contributed by atoms with Crippen molar-refractivity contribution >= 4 is 26.0 Å². The number of halogens is 1. The van der Waals surface area contributed by atoms with Crippen LogP contribution in [0.3, 0.4) is 0 Å². The highest BCUT2D eigenvalue weighted by Crippen LogP contribution is 2.25. The normalized spacial score (nSPS) is 22.0. The summed E-state index contributed by atoms with van der Waals surface area (Å²) in [6.45, 7) is 0.987. The second-order valence-corrected chi connectivity index (χ2v) is 7.36. The Hall–Kier alpha value is -0.430. The Morgan fingerprint density at radius 2 is 2.22 bits per heavy atom. The van der Waals surface area contributed by atoms with E-state index < -0.39 is 10.0 Å². The highest BCUT2D eigenvalue weighted by atomic mass is 79.9. The third-order valence-corrected chi connectivity index (χ3v) is 5.53. The Morgan fingerprint density at radius 1 is 1.44 bits per heavy atom. The van der Waals surface area contributed by atoms with Crippen molar-refractivity contribution in [2.45, 2.75) is 17.7 Å². The molecule has 4 nitrogen and oxygen atoms in total. The van der Waals surface area contributed by atoms with Gasteiger partial charge in [-0.05, 0) is 37.0 Å². The fourth-order valence-electron chi connectivity index (χ4n) is 2.17. The first kappa shape index (κ1) is 14.0. The van der Waals surface area contributed by atoms with Crippen molar-refractivity contribution in [3.63, 3.8) is 0 Å². The van der Waals surface area contributed by atoms with Crippen molar-refractivity contribution < 1.29 is 13.5 Å². The summed E-state index contributed by atoms with van der Waals surface area (Å²) in [5.41, 5.74) is 0. The summed E-state index contributed by atoms with van der Waals surface area (Å²) in [7, 11) is -3.44. The Kier molecular flexibility index (Phi) is 4.42. The highest BCUT2D eigenvalue weighted by molar-refractivity contribution is 9.10. The molecule has 0 aromatic heterocycles. The quantitative estimate of drug-likeness (QED) is 0.918. The maximum atomic E-state index is 12.4. The SMILES string of the molecule is O=S(=O)(c1cccc(Br)c1)N1CCCC(CO)C1. The molecule has 0 spiro atoms. The van der Waals surface area contributed by atoms with E-state index in [1.54, 1.807) is 24.3 Å². The maximum absolute atomic E-state index is 12.4. The number of nitrogens with zero attached hydrogens (tertiary/aromatic N) is 1. The van der Waals surface area contributed by atoms with Crippen LogP contribution < -0.4 is 0 Å². The van der Waals surface area contributed by atoms with E-state index >= 15 is 0 Å². The number of sulfonamides is 1. The van der Waals surface area contributed by atoms with E-state index in [9.17, 15) is 8.42 Å². The number of rotatable bonds is 3. The lowest BCUT2D eigenvalue weighted by Gasteiger charge is -2.30. The van der Waals surface area contributed by atoms with Gasteiger partial charge in [0.2, 0.25) is 10.0 Å². The standard InChI is InChI=1S/C12H16BrNO3S/c13-11-4-1-5-12(7-11)18(16,17)14-6-2-3-10(8-14)9-15/h1,4-5,7,10,15H,2-3,6,8-9H2. The molecule has 1 atom stereocenters. The molecule has 0 saturated carbocycles. The maximum Gasteiger partial charge on any atom is 0.243 e. The molecule has 0 radical (unpaired) electrons. The molecule has 2 rings (SSSR count). The Morgan fingerprint density at radius 3 is 2.89 bits per heavy atom. The first-order valence-corrected chi connectivity index (χ1v) is 8.14. The topological polar surface area (TPSA) is 57.6 Å². The van der Waals surface area contributed by atoms with Gasteiger partial charge in [-0.3, -0.25) is 0 Å². The van der Waals surface area contributed by atoms with Gasteiger partial charge in [0.25, 0.3) is 0 Å². The molecule has 1 unspecified atom stereocenters. The predicted octanol–water partition coefficient (Wildman–Crippen LogP) is 1.84. The van der Waals surface area contributed by atoms with E-state index in [1.165, 1.54) is 4.31 Å². The zero-order valence-electron chi connectivity index (χ0n) is 9.92. The lowest BCUT2D eigenvalue weighted by Crippen LogP contribution is -2.40. The van der Waals surface area contributed by atoms with Gasteiger partial charge in [0.05, 0.1) is 4.90 Å². The number of hydrogen-bond acceptors (Lipinski definition) is 3. The van der Waals surface area contributed by atoms with E-state index in [0.717, 1.165) is 17.3 Å². The fraction of sp³-hybridized carbons (Fsp3) is 0.500. The summed E-state index contributed by atoms with van der Waals surface area (Å²) in [5, 5.41) is 9.16. The second kappa shape index (κ2) is 5.69. The van der Waals surface area contributed by atoms with Crippen LogP contribution in [-0.2, 0) is 10.0 Å². The Balaban J connectivity index is 2.25. The van der Waals surface area contributed by atoms with Crippen molar-refractivity contribution in [3.05, 3.63) is 28.7 Å². The molecular weight excluding hydrogens is 318 g/mol.